The highest BCUT2D eigenvalue weighted by molar-refractivity contribution is 5.91. The molecule has 0 aliphatic carbocycles. The molecule has 0 saturated heterocycles. The summed E-state index contributed by atoms with van der Waals surface area (Å²) in [5.41, 5.74) is 7.38. The maximum absolute atomic E-state index is 11.9. The summed E-state index contributed by atoms with van der Waals surface area (Å²) in [6, 6.07) is 8.95. The number of nitrogens with two attached hydrogens (primary N) is 1. The van der Waals surface area contributed by atoms with Gasteiger partial charge in [-0.05, 0) is 24.5 Å². The van der Waals surface area contributed by atoms with E-state index in [4.69, 9.17) is 10.3 Å². The quantitative estimate of drug-likeness (QED) is 0.547. The molecule has 0 aliphatic heterocycles. The number of hydrogen-bond donors (Lipinski definition) is 2. The zero-order valence-electron chi connectivity index (χ0n) is 13.0. The van der Waals surface area contributed by atoms with E-state index in [1.165, 1.54) is 12.3 Å². The molecule has 23 heavy (non-hydrogen) atoms. The van der Waals surface area contributed by atoms with Crippen molar-refractivity contribution < 1.29 is 14.1 Å². The summed E-state index contributed by atoms with van der Waals surface area (Å²) >= 11 is 0. The Morgan fingerprint density at radius 2 is 1.96 bits per heavy atom. The lowest BCUT2D eigenvalue weighted by Crippen LogP contribution is -2.23. The van der Waals surface area contributed by atoms with Gasteiger partial charge in [-0.25, -0.2) is 0 Å². The number of aromatic nitrogens is 1. The molecule has 1 amide bonds. The second-order valence-electron chi connectivity index (χ2n) is 5.36. The van der Waals surface area contributed by atoms with Gasteiger partial charge in [0, 0.05) is 31.1 Å². The Kier molecular flexibility index (Phi) is 6.35. The van der Waals surface area contributed by atoms with Crippen molar-refractivity contribution in [2.45, 2.75) is 32.1 Å². The van der Waals surface area contributed by atoms with E-state index in [2.05, 4.69) is 10.5 Å². The van der Waals surface area contributed by atoms with Crippen molar-refractivity contribution in [1.29, 1.82) is 0 Å². The number of hydrogen-bond acceptors (Lipinski definition) is 5. The Bertz CT molecular complexity index is 638. The maximum atomic E-state index is 11.9. The summed E-state index contributed by atoms with van der Waals surface area (Å²) in [7, 11) is 0. The number of benzene rings is 1. The topological polar surface area (TPSA) is 98.2 Å². The first kappa shape index (κ1) is 16.7. The summed E-state index contributed by atoms with van der Waals surface area (Å²) in [5, 5.41) is 6.22. The van der Waals surface area contributed by atoms with E-state index in [9.17, 15) is 9.59 Å². The van der Waals surface area contributed by atoms with Crippen molar-refractivity contribution in [1.82, 2.24) is 10.5 Å². The van der Waals surface area contributed by atoms with Crippen LogP contribution in [0.4, 0.5) is 5.69 Å². The molecular formula is C17H21N3O3. The first-order valence-electron chi connectivity index (χ1n) is 7.71. The maximum Gasteiger partial charge on any atom is 0.289 e. The molecular weight excluding hydrogens is 294 g/mol. The van der Waals surface area contributed by atoms with E-state index in [0.717, 1.165) is 24.8 Å². The van der Waals surface area contributed by atoms with Gasteiger partial charge >= 0.3 is 0 Å². The number of amides is 1. The SMILES string of the molecule is Nc1ccccc1CC(=O)CCCCCNC(=O)c1ccno1. The fourth-order valence-electron chi connectivity index (χ4n) is 2.24. The average molecular weight is 315 g/mol. The van der Waals surface area contributed by atoms with Crippen LogP contribution in [0.3, 0.4) is 0 Å². The standard InChI is InChI=1S/C17H21N3O3/c18-15-8-4-3-6-13(15)12-14(21)7-2-1-5-10-19-17(22)16-9-11-20-23-16/h3-4,6,8-9,11H,1-2,5,7,10,12,18H2,(H,19,22). The minimum Gasteiger partial charge on any atom is -0.398 e. The van der Waals surface area contributed by atoms with Crippen LogP contribution in [-0.4, -0.2) is 23.4 Å². The van der Waals surface area contributed by atoms with Gasteiger partial charge in [-0.2, -0.15) is 0 Å². The lowest BCUT2D eigenvalue weighted by molar-refractivity contribution is -0.118. The van der Waals surface area contributed by atoms with Gasteiger partial charge in [0.2, 0.25) is 5.76 Å². The number of unbranched alkanes of at least 4 members (excludes halogenated alkanes) is 2. The van der Waals surface area contributed by atoms with Crippen LogP contribution in [0, 0.1) is 0 Å². The van der Waals surface area contributed by atoms with E-state index in [1.807, 2.05) is 18.2 Å². The predicted molar refractivity (Wildman–Crippen MR) is 86.9 cm³/mol. The molecule has 1 aromatic heterocycles. The molecule has 0 unspecified atom stereocenters. The molecule has 1 heterocycles. The van der Waals surface area contributed by atoms with Crippen LogP contribution < -0.4 is 11.1 Å². The number of Topliss-reactive ketones (excluding diaryl/α,β-unsaturated/α-hetero) is 1. The van der Waals surface area contributed by atoms with Gasteiger partial charge in [-0.15, -0.1) is 0 Å². The van der Waals surface area contributed by atoms with Gasteiger partial charge in [0.15, 0.2) is 0 Å². The number of rotatable bonds is 9. The Morgan fingerprint density at radius 1 is 1.13 bits per heavy atom. The van der Waals surface area contributed by atoms with E-state index in [-0.39, 0.29) is 17.5 Å². The highest BCUT2D eigenvalue weighted by atomic mass is 16.5. The Hall–Kier alpha value is -2.63. The van der Waals surface area contributed by atoms with E-state index >= 15 is 0 Å². The molecule has 0 fully saturated rings. The number of para-hydroxylation sites is 1. The second-order valence-corrected chi connectivity index (χ2v) is 5.36. The van der Waals surface area contributed by atoms with Gasteiger partial charge in [0.05, 0.1) is 6.20 Å². The Balaban J connectivity index is 1.56. The van der Waals surface area contributed by atoms with Crippen molar-refractivity contribution in [3.63, 3.8) is 0 Å². The Labute approximate surface area is 135 Å². The van der Waals surface area contributed by atoms with Crippen molar-refractivity contribution in [2.24, 2.45) is 0 Å². The number of nitrogens with one attached hydrogen (secondary N) is 1. The number of carbonyl (C=O) groups is 2. The monoisotopic (exact) mass is 315 g/mol. The van der Waals surface area contributed by atoms with E-state index < -0.39 is 0 Å². The smallest absolute Gasteiger partial charge is 0.289 e. The van der Waals surface area contributed by atoms with Gasteiger partial charge in [-0.1, -0.05) is 29.8 Å². The van der Waals surface area contributed by atoms with Crippen molar-refractivity contribution in [3.8, 4) is 0 Å². The lowest BCUT2D eigenvalue weighted by Gasteiger charge is -2.05. The largest absolute Gasteiger partial charge is 0.398 e. The second kappa shape index (κ2) is 8.73. The minimum absolute atomic E-state index is 0.189. The van der Waals surface area contributed by atoms with Crippen LogP contribution in [0.25, 0.3) is 0 Å². The molecule has 0 radical (unpaired) electrons. The van der Waals surface area contributed by atoms with Crippen LogP contribution in [-0.2, 0) is 11.2 Å². The molecule has 2 rings (SSSR count). The number of carbonyl (C=O) groups excluding carboxylic acids is 2. The molecule has 0 aliphatic rings. The van der Waals surface area contributed by atoms with Crippen LogP contribution in [0.5, 0.6) is 0 Å². The van der Waals surface area contributed by atoms with Crippen LogP contribution in [0.2, 0.25) is 0 Å². The normalized spacial score (nSPS) is 10.4. The average Bonchev–Trinajstić information content (AvgIpc) is 3.07. The molecule has 6 nitrogen and oxygen atoms in total. The third-order valence-corrected chi connectivity index (χ3v) is 3.52. The number of anilines is 1. The lowest BCUT2D eigenvalue weighted by atomic mass is 10.0. The number of nitrogens with zero attached hydrogens (tertiary/aromatic N) is 1. The van der Waals surface area contributed by atoms with Crippen LogP contribution >= 0.6 is 0 Å². The third kappa shape index (κ3) is 5.58. The molecule has 6 heteroatoms. The molecule has 2 aromatic rings. The van der Waals surface area contributed by atoms with Crippen molar-refractivity contribution in [2.75, 3.05) is 12.3 Å². The first-order valence-corrected chi connectivity index (χ1v) is 7.71. The Morgan fingerprint density at radius 3 is 2.70 bits per heavy atom. The van der Waals surface area contributed by atoms with Crippen LogP contribution in [0.1, 0.15) is 41.8 Å². The third-order valence-electron chi connectivity index (χ3n) is 3.52. The van der Waals surface area contributed by atoms with Gasteiger partial charge in [0.25, 0.3) is 5.91 Å². The van der Waals surface area contributed by atoms with Gasteiger partial charge < -0.3 is 15.6 Å². The summed E-state index contributed by atoms with van der Waals surface area (Å²) in [6.07, 6.45) is 4.86. The summed E-state index contributed by atoms with van der Waals surface area (Å²) < 4.78 is 4.75. The molecule has 0 spiro atoms. The number of nitrogen functional groups attached to an aromatic ring is 1. The van der Waals surface area contributed by atoms with Crippen molar-refractivity contribution >= 4 is 17.4 Å². The summed E-state index contributed by atoms with van der Waals surface area (Å²) in [4.78, 5) is 23.5. The molecule has 0 atom stereocenters. The fraction of sp³-hybridized carbons (Fsp3) is 0.353. The molecule has 122 valence electrons. The highest BCUT2D eigenvalue weighted by Crippen LogP contribution is 2.13. The fourth-order valence-corrected chi connectivity index (χ4v) is 2.24. The van der Waals surface area contributed by atoms with Crippen LogP contribution in [0.15, 0.2) is 41.1 Å². The molecule has 0 saturated carbocycles. The van der Waals surface area contributed by atoms with Gasteiger partial charge in [-0.3, -0.25) is 9.59 Å². The van der Waals surface area contributed by atoms with E-state index in [1.54, 1.807) is 6.07 Å². The molecule has 0 bridgehead atoms. The van der Waals surface area contributed by atoms with Gasteiger partial charge in [0.1, 0.15) is 5.78 Å². The van der Waals surface area contributed by atoms with Crippen molar-refractivity contribution in [3.05, 3.63) is 47.9 Å². The first-order chi connectivity index (χ1) is 11.2. The predicted octanol–water partition coefficient (Wildman–Crippen LogP) is 2.36. The zero-order valence-corrected chi connectivity index (χ0v) is 13.0. The summed E-state index contributed by atoms with van der Waals surface area (Å²) in [5.74, 6) is 0.132. The molecule has 1 aromatic carbocycles. The summed E-state index contributed by atoms with van der Waals surface area (Å²) in [6.45, 7) is 0.555. The van der Waals surface area contributed by atoms with E-state index in [0.29, 0.717) is 25.1 Å². The minimum atomic E-state index is -0.266. The zero-order chi connectivity index (χ0) is 16.5. The number of ketones is 1. The molecule has 3 N–H and O–H groups in total. The highest BCUT2D eigenvalue weighted by Gasteiger charge is 2.08.